The molecule has 0 rings (SSSR count). The third kappa shape index (κ3) is 31.6. The van der Waals surface area contributed by atoms with E-state index in [-0.39, 0.29) is 26.2 Å². The number of carbonyl (C=O) groups excluding carboxylic acids is 1. The third-order valence-electron chi connectivity index (χ3n) is 6.40. The van der Waals surface area contributed by atoms with Gasteiger partial charge < -0.3 is 18.9 Å². The van der Waals surface area contributed by atoms with E-state index < -0.39 is 19.9 Å². The zero-order valence-electron chi connectivity index (χ0n) is 28.4. The van der Waals surface area contributed by atoms with Crippen LogP contribution in [0.2, 0.25) is 0 Å². The van der Waals surface area contributed by atoms with Crippen LogP contribution in [0.1, 0.15) is 97.3 Å². The lowest BCUT2D eigenvalue weighted by atomic mass is 10.1. The number of esters is 1. The average Bonchev–Trinajstić information content (AvgIpc) is 2.97. The number of carbonyl (C=O) groups is 1. The second-order valence-corrected chi connectivity index (χ2v) is 13.2. The molecule has 0 spiro atoms. The molecule has 254 valence electrons. The van der Waals surface area contributed by atoms with Crippen molar-refractivity contribution in [3.63, 3.8) is 0 Å². The minimum atomic E-state index is -4.24. The number of allylic oxidation sites excluding steroid dienone is 10. The first-order valence-electron chi connectivity index (χ1n) is 16.5. The maximum atomic E-state index is 12.2. The molecule has 0 aromatic rings. The predicted octanol–water partition coefficient (Wildman–Crippen LogP) is 8.65. The Hall–Kier alpha value is -1.80. The minimum Gasteiger partial charge on any atom is -0.457 e. The summed E-state index contributed by atoms with van der Waals surface area (Å²) in [4.78, 5) is 21.7. The van der Waals surface area contributed by atoms with Crippen molar-refractivity contribution >= 4 is 13.8 Å². The Bertz CT molecular complexity index is 890. The van der Waals surface area contributed by atoms with Gasteiger partial charge >= 0.3 is 13.8 Å². The summed E-state index contributed by atoms with van der Waals surface area (Å²) in [6.45, 7) is 4.86. The molecule has 0 saturated heterocycles. The summed E-state index contributed by atoms with van der Waals surface area (Å²) in [5.41, 5.74) is 0. The van der Waals surface area contributed by atoms with Crippen molar-refractivity contribution in [2.24, 2.45) is 0 Å². The van der Waals surface area contributed by atoms with Crippen LogP contribution in [0, 0.1) is 0 Å². The summed E-state index contributed by atoms with van der Waals surface area (Å²) in [6, 6.07) is 0. The molecule has 1 N–H and O–H groups in total. The first kappa shape index (κ1) is 42.2. The first-order chi connectivity index (χ1) is 21.1. The maximum absolute atomic E-state index is 12.2. The van der Waals surface area contributed by atoms with Gasteiger partial charge in [-0.05, 0) is 51.4 Å². The van der Waals surface area contributed by atoms with Gasteiger partial charge in [0.15, 0.2) is 0 Å². The number of quaternary nitrogens is 1. The van der Waals surface area contributed by atoms with Crippen LogP contribution in [0.4, 0.5) is 0 Å². The van der Waals surface area contributed by atoms with Gasteiger partial charge in [-0.2, -0.15) is 0 Å². The first-order valence-corrected chi connectivity index (χ1v) is 18.0. The van der Waals surface area contributed by atoms with Gasteiger partial charge in [0.1, 0.15) is 19.3 Å². The van der Waals surface area contributed by atoms with E-state index in [1.54, 1.807) is 6.92 Å². The molecule has 0 aliphatic rings. The van der Waals surface area contributed by atoms with Crippen LogP contribution in [0.25, 0.3) is 0 Å². The maximum Gasteiger partial charge on any atom is 0.472 e. The Morgan fingerprint density at radius 3 is 1.77 bits per heavy atom. The molecule has 2 atom stereocenters. The van der Waals surface area contributed by atoms with Gasteiger partial charge in [-0.15, -0.1) is 0 Å². The Kier molecular flexibility index (Phi) is 27.5. The van der Waals surface area contributed by atoms with E-state index in [0.29, 0.717) is 17.6 Å². The molecule has 9 heteroatoms. The van der Waals surface area contributed by atoms with E-state index >= 15 is 0 Å². The monoisotopic (exact) mass is 640 g/mol. The van der Waals surface area contributed by atoms with E-state index in [2.05, 4.69) is 67.7 Å². The third-order valence-corrected chi connectivity index (χ3v) is 7.38. The van der Waals surface area contributed by atoms with Crippen LogP contribution >= 0.6 is 7.82 Å². The summed E-state index contributed by atoms with van der Waals surface area (Å²) in [5, 5.41) is 0. The molecule has 0 aromatic carbocycles. The lowest BCUT2D eigenvalue weighted by Crippen LogP contribution is -2.37. The van der Waals surface area contributed by atoms with Crippen molar-refractivity contribution in [3.05, 3.63) is 60.8 Å². The highest BCUT2D eigenvalue weighted by molar-refractivity contribution is 7.47. The van der Waals surface area contributed by atoms with E-state index in [0.717, 1.165) is 57.8 Å². The largest absolute Gasteiger partial charge is 0.472 e. The normalized spacial score (nSPS) is 15.0. The number of phosphoric ester groups is 1. The van der Waals surface area contributed by atoms with E-state index in [9.17, 15) is 14.3 Å². The number of hydrogen-bond acceptors (Lipinski definition) is 6. The summed E-state index contributed by atoms with van der Waals surface area (Å²) in [6.07, 6.45) is 34.7. The molecule has 0 aromatic heterocycles. The van der Waals surface area contributed by atoms with Crippen molar-refractivity contribution in [2.45, 2.75) is 103 Å². The minimum absolute atomic E-state index is 0.0799. The molecular weight excluding hydrogens is 577 g/mol. The Labute approximate surface area is 269 Å². The zero-order valence-corrected chi connectivity index (χ0v) is 29.3. The fourth-order valence-corrected chi connectivity index (χ4v) is 4.53. The molecule has 0 heterocycles. The number of hydrogen-bond donors (Lipinski definition) is 1. The second-order valence-electron chi connectivity index (χ2n) is 11.8. The topological polar surface area (TPSA) is 91.3 Å². The Morgan fingerprint density at radius 2 is 1.23 bits per heavy atom. The van der Waals surface area contributed by atoms with Crippen LogP contribution in [-0.4, -0.2) is 75.6 Å². The fraction of sp³-hybridized carbons (Fsp3) is 0.686. The lowest BCUT2D eigenvalue weighted by molar-refractivity contribution is -0.870. The molecule has 44 heavy (non-hydrogen) atoms. The summed E-state index contributed by atoms with van der Waals surface area (Å²) < 4.78 is 33.8. The van der Waals surface area contributed by atoms with Crippen molar-refractivity contribution in [2.75, 3.05) is 54.1 Å². The molecule has 2 unspecified atom stereocenters. The molecule has 0 aliphatic carbocycles. The second kappa shape index (κ2) is 28.7. The smallest absolute Gasteiger partial charge is 0.457 e. The Balaban J connectivity index is 3.86. The molecule has 0 saturated carbocycles. The van der Waals surface area contributed by atoms with E-state index in [4.69, 9.17) is 18.5 Å². The standard InChI is InChI=1S/C35H62NO7P/c1-6-8-9-10-11-12-13-14-15-16-17-18-19-20-21-22-23-24-25-26-27-28-30-40-32-34(43-35(37)7-2)33-42-44(38,39)41-31-29-36(3,4)5/h8-9,11-12,14-15,17-18,20-21,34H,6-7,10,13,16,19,22-33H2,1-5H3/p+1/b9-8-,12-11-,15-14-,18-17-,21-20-. The van der Waals surface area contributed by atoms with Crippen LogP contribution in [0.3, 0.4) is 0 Å². The number of ether oxygens (including phenoxy) is 2. The van der Waals surface area contributed by atoms with Crippen LogP contribution < -0.4 is 0 Å². The summed E-state index contributed by atoms with van der Waals surface area (Å²) >= 11 is 0. The highest BCUT2D eigenvalue weighted by Gasteiger charge is 2.26. The molecule has 0 aliphatic heterocycles. The average molecular weight is 641 g/mol. The van der Waals surface area contributed by atoms with E-state index in [1.165, 1.54) is 19.3 Å². The number of likely N-dealkylation sites (N-methyl/N-ethyl adjacent to an activating group) is 1. The summed E-state index contributed by atoms with van der Waals surface area (Å²) in [7, 11) is 1.63. The van der Waals surface area contributed by atoms with Crippen LogP contribution in [-0.2, 0) is 27.9 Å². The molecule has 0 fully saturated rings. The van der Waals surface area contributed by atoms with Gasteiger partial charge in [-0.1, -0.05) is 100 Å². The van der Waals surface area contributed by atoms with Gasteiger partial charge in [0, 0.05) is 13.0 Å². The molecule has 8 nitrogen and oxygen atoms in total. The predicted molar refractivity (Wildman–Crippen MR) is 182 cm³/mol. The van der Waals surface area contributed by atoms with Gasteiger partial charge in [-0.3, -0.25) is 13.8 Å². The van der Waals surface area contributed by atoms with Gasteiger partial charge in [0.2, 0.25) is 0 Å². The molecule has 0 bridgehead atoms. The van der Waals surface area contributed by atoms with Crippen molar-refractivity contribution in [3.8, 4) is 0 Å². The lowest BCUT2D eigenvalue weighted by Gasteiger charge is -2.24. The quantitative estimate of drug-likeness (QED) is 0.0288. The Morgan fingerprint density at radius 1 is 0.705 bits per heavy atom. The van der Waals surface area contributed by atoms with E-state index in [1.807, 2.05) is 21.1 Å². The van der Waals surface area contributed by atoms with Gasteiger partial charge in [0.05, 0.1) is 34.4 Å². The summed E-state index contributed by atoms with van der Waals surface area (Å²) in [5.74, 6) is -0.412. The number of rotatable bonds is 29. The number of unbranched alkanes of at least 4 members (excludes halogenated alkanes) is 6. The zero-order chi connectivity index (χ0) is 32.8. The van der Waals surface area contributed by atoms with Crippen molar-refractivity contribution < 1.29 is 37.3 Å². The highest BCUT2D eigenvalue weighted by atomic mass is 31.2. The van der Waals surface area contributed by atoms with Crippen LogP contribution in [0.15, 0.2) is 60.8 Å². The van der Waals surface area contributed by atoms with Crippen LogP contribution in [0.5, 0.6) is 0 Å². The van der Waals surface area contributed by atoms with Crippen molar-refractivity contribution in [1.82, 2.24) is 0 Å². The molecule has 0 amide bonds. The molecule has 0 radical (unpaired) electrons. The van der Waals surface area contributed by atoms with Gasteiger partial charge in [-0.25, -0.2) is 4.57 Å². The number of nitrogens with zero attached hydrogens (tertiary/aromatic N) is 1. The molecular formula is C35H63NO7P+. The van der Waals surface area contributed by atoms with Gasteiger partial charge in [0.25, 0.3) is 0 Å². The van der Waals surface area contributed by atoms with Crippen molar-refractivity contribution in [1.29, 1.82) is 0 Å². The highest BCUT2D eigenvalue weighted by Crippen LogP contribution is 2.43. The SMILES string of the molecule is CC/C=C\C/C=C\C/C=C\C/C=C\C/C=C\CCCCCCCCOCC(COP(=O)(O)OCC[N+](C)(C)C)OC(=O)CC. The number of phosphoric acid groups is 1. The fourth-order valence-electron chi connectivity index (χ4n) is 3.79.